The number of anilines is 1. The summed E-state index contributed by atoms with van der Waals surface area (Å²) in [6.07, 6.45) is 0.477. The smallest absolute Gasteiger partial charge is 0.356 e. The maximum Gasteiger partial charge on any atom is 0.356 e. The van der Waals surface area contributed by atoms with Crippen LogP contribution in [0.25, 0.3) is 5.69 Å². The van der Waals surface area contributed by atoms with E-state index < -0.39 is 5.97 Å². The number of fused-ring (bicyclic) bond motifs is 1. The van der Waals surface area contributed by atoms with Gasteiger partial charge >= 0.3 is 12.0 Å². The second-order valence-corrected chi connectivity index (χ2v) is 8.05. The molecule has 166 valence electrons. The Bertz CT molecular complexity index is 1180. The van der Waals surface area contributed by atoms with Gasteiger partial charge < -0.3 is 24.8 Å². The van der Waals surface area contributed by atoms with Gasteiger partial charge in [-0.2, -0.15) is 5.10 Å². The number of carboxylic acids is 1. The van der Waals surface area contributed by atoms with E-state index in [-0.39, 0.29) is 18.3 Å². The van der Waals surface area contributed by atoms with Gasteiger partial charge in [0, 0.05) is 34.8 Å². The third kappa shape index (κ3) is 4.13. The molecule has 0 saturated carbocycles. The number of aromatic nitrogens is 2. The molecule has 10 heteroatoms. The van der Waals surface area contributed by atoms with E-state index in [1.54, 1.807) is 27.8 Å². The highest BCUT2D eigenvalue weighted by Gasteiger charge is 2.30. The van der Waals surface area contributed by atoms with E-state index in [1.807, 2.05) is 24.3 Å². The number of nitrogens with zero attached hydrogens (tertiary/aromatic N) is 3. The van der Waals surface area contributed by atoms with E-state index in [9.17, 15) is 14.7 Å². The van der Waals surface area contributed by atoms with Gasteiger partial charge in [-0.25, -0.2) is 14.3 Å². The maximum absolute atomic E-state index is 12.9. The van der Waals surface area contributed by atoms with Crippen LogP contribution in [0.2, 0.25) is 0 Å². The van der Waals surface area contributed by atoms with Crippen molar-refractivity contribution in [3.63, 3.8) is 0 Å². The van der Waals surface area contributed by atoms with Gasteiger partial charge in [-0.1, -0.05) is 15.9 Å². The summed E-state index contributed by atoms with van der Waals surface area (Å²) in [4.78, 5) is 26.3. The van der Waals surface area contributed by atoms with Gasteiger partial charge in [-0.15, -0.1) is 0 Å². The number of rotatable bonds is 5. The highest BCUT2D eigenvalue weighted by atomic mass is 79.9. The van der Waals surface area contributed by atoms with Crippen molar-refractivity contribution in [3.8, 4) is 17.2 Å². The van der Waals surface area contributed by atoms with Gasteiger partial charge in [0.15, 0.2) is 17.2 Å². The van der Waals surface area contributed by atoms with Gasteiger partial charge in [-0.3, -0.25) is 0 Å². The Balaban J connectivity index is 1.58. The maximum atomic E-state index is 12.9. The minimum Gasteiger partial charge on any atom is -0.493 e. The van der Waals surface area contributed by atoms with Crippen LogP contribution in [0.4, 0.5) is 10.5 Å². The molecule has 2 N–H and O–H groups in total. The number of benzene rings is 2. The normalized spacial score (nSPS) is 12.8. The molecule has 2 aromatic carbocycles. The number of carboxylic acid groups (broad SMARTS) is 1. The van der Waals surface area contributed by atoms with Gasteiger partial charge in [0.05, 0.1) is 32.1 Å². The summed E-state index contributed by atoms with van der Waals surface area (Å²) in [5, 5.41) is 16.8. The molecule has 2 heterocycles. The van der Waals surface area contributed by atoms with Gasteiger partial charge in [0.1, 0.15) is 0 Å². The standard InChI is InChI=1S/C22H21BrN4O5/c1-31-18-8-5-14(11-19(18)32-2)24-22(30)26-10-9-17-16(12-26)20(21(28)29)25-27(17)15-6-3-13(23)4-7-15/h3-8,11H,9-10,12H2,1-2H3,(H,24,30)(H,28,29). The first-order chi connectivity index (χ1) is 15.4. The molecule has 0 bridgehead atoms. The van der Waals surface area contributed by atoms with Crippen LogP contribution in [-0.2, 0) is 13.0 Å². The average molecular weight is 501 g/mol. The fraction of sp³-hybridized carbons (Fsp3) is 0.227. The number of carbonyl (C=O) groups excluding carboxylic acids is 1. The minimum absolute atomic E-state index is 0.0495. The predicted molar refractivity (Wildman–Crippen MR) is 121 cm³/mol. The number of ether oxygens (including phenoxy) is 2. The van der Waals surface area contributed by atoms with Crippen LogP contribution >= 0.6 is 15.9 Å². The molecule has 2 amide bonds. The van der Waals surface area contributed by atoms with Crippen LogP contribution in [0.5, 0.6) is 11.5 Å². The molecule has 1 aliphatic rings. The summed E-state index contributed by atoms with van der Waals surface area (Å²) in [5.74, 6) is -0.0750. The number of urea groups is 1. The second kappa shape index (κ2) is 8.91. The number of carbonyl (C=O) groups is 2. The summed E-state index contributed by atoms with van der Waals surface area (Å²) in [6, 6.07) is 12.2. The Hall–Kier alpha value is -3.53. The molecule has 3 aromatic rings. The van der Waals surface area contributed by atoms with Crippen LogP contribution in [0.3, 0.4) is 0 Å². The molecule has 0 atom stereocenters. The Morgan fingerprint density at radius 3 is 2.47 bits per heavy atom. The van der Waals surface area contributed by atoms with Crippen molar-refractivity contribution in [1.29, 1.82) is 0 Å². The zero-order valence-electron chi connectivity index (χ0n) is 17.5. The number of hydrogen-bond acceptors (Lipinski definition) is 5. The van der Waals surface area contributed by atoms with E-state index in [0.29, 0.717) is 35.7 Å². The first-order valence-corrected chi connectivity index (χ1v) is 10.6. The van der Waals surface area contributed by atoms with Crippen molar-refractivity contribution in [2.24, 2.45) is 0 Å². The molecule has 0 fully saturated rings. The van der Waals surface area contributed by atoms with Crippen LogP contribution in [0.1, 0.15) is 21.7 Å². The molecule has 0 spiro atoms. The number of nitrogens with one attached hydrogen (secondary N) is 1. The van der Waals surface area contributed by atoms with Crippen LogP contribution in [-0.4, -0.2) is 52.6 Å². The summed E-state index contributed by atoms with van der Waals surface area (Å²) in [6.45, 7) is 0.569. The van der Waals surface area contributed by atoms with E-state index >= 15 is 0 Å². The van der Waals surface area contributed by atoms with E-state index in [0.717, 1.165) is 15.9 Å². The molecule has 1 aromatic heterocycles. The summed E-state index contributed by atoms with van der Waals surface area (Å²) < 4.78 is 13.1. The molecule has 0 aliphatic carbocycles. The molecule has 0 saturated heterocycles. The first-order valence-electron chi connectivity index (χ1n) is 9.79. The fourth-order valence-corrected chi connectivity index (χ4v) is 3.94. The molecular weight excluding hydrogens is 480 g/mol. The number of halogens is 1. The number of amides is 2. The van der Waals surface area contributed by atoms with E-state index in [4.69, 9.17) is 9.47 Å². The SMILES string of the molecule is COc1ccc(NC(=O)N2CCc3c(c(C(=O)O)nn3-c3ccc(Br)cc3)C2)cc1OC. The second-order valence-electron chi connectivity index (χ2n) is 7.14. The highest BCUT2D eigenvalue weighted by molar-refractivity contribution is 9.10. The van der Waals surface area contributed by atoms with Crippen molar-refractivity contribution >= 4 is 33.6 Å². The molecular formula is C22H21BrN4O5. The van der Waals surface area contributed by atoms with Crippen LogP contribution in [0, 0.1) is 0 Å². The molecule has 32 heavy (non-hydrogen) atoms. The van der Waals surface area contributed by atoms with E-state index in [2.05, 4.69) is 26.3 Å². The summed E-state index contributed by atoms with van der Waals surface area (Å²) in [7, 11) is 3.06. The number of aromatic carboxylic acids is 1. The van der Waals surface area contributed by atoms with Crippen molar-refractivity contribution in [2.45, 2.75) is 13.0 Å². The van der Waals surface area contributed by atoms with Crippen molar-refractivity contribution in [3.05, 3.63) is 63.9 Å². The fourth-order valence-electron chi connectivity index (χ4n) is 3.68. The largest absolute Gasteiger partial charge is 0.493 e. The molecule has 0 unspecified atom stereocenters. The highest BCUT2D eigenvalue weighted by Crippen LogP contribution is 2.31. The lowest BCUT2D eigenvalue weighted by Crippen LogP contribution is -2.39. The molecule has 1 aliphatic heterocycles. The van der Waals surface area contributed by atoms with Crippen LogP contribution in [0.15, 0.2) is 46.9 Å². The van der Waals surface area contributed by atoms with E-state index in [1.165, 1.54) is 14.2 Å². The first kappa shape index (κ1) is 21.7. The lowest BCUT2D eigenvalue weighted by Gasteiger charge is -2.28. The molecule has 4 rings (SSSR count). The third-order valence-corrected chi connectivity index (χ3v) is 5.78. The Labute approximate surface area is 192 Å². The third-order valence-electron chi connectivity index (χ3n) is 5.25. The number of hydrogen-bond donors (Lipinski definition) is 2. The van der Waals surface area contributed by atoms with Gasteiger partial charge in [0.25, 0.3) is 0 Å². The van der Waals surface area contributed by atoms with Crippen molar-refractivity contribution in [1.82, 2.24) is 14.7 Å². The molecule has 9 nitrogen and oxygen atoms in total. The summed E-state index contributed by atoms with van der Waals surface area (Å²) in [5.41, 5.74) is 2.59. The van der Waals surface area contributed by atoms with Crippen molar-refractivity contribution < 1.29 is 24.2 Å². The lowest BCUT2D eigenvalue weighted by molar-refractivity contribution is 0.0687. The lowest BCUT2D eigenvalue weighted by atomic mass is 10.1. The predicted octanol–water partition coefficient (Wildman–Crippen LogP) is 3.94. The topological polar surface area (TPSA) is 106 Å². The summed E-state index contributed by atoms with van der Waals surface area (Å²) >= 11 is 3.40. The monoisotopic (exact) mass is 500 g/mol. The Morgan fingerprint density at radius 1 is 1.09 bits per heavy atom. The quantitative estimate of drug-likeness (QED) is 0.549. The van der Waals surface area contributed by atoms with Gasteiger partial charge in [0.2, 0.25) is 0 Å². The average Bonchev–Trinajstić information content (AvgIpc) is 3.18. The Morgan fingerprint density at radius 2 is 1.81 bits per heavy atom. The van der Waals surface area contributed by atoms with Gasteiger partial charge in [-0.05, 0) is 36.4 Å². The van der Waals surface area contributed by atoms with Crippen molar-refractivity contribution in [2.75, 3.05) is 26.1 Å². The van der Waals surface area contributed by atoms with Crippen LogP contribution < -0.4 is 14.8 Å². The molecule has 0 radical (unpaired) electrons. The number of methoxy groups -OCH3 is 2. The zero-order valence-corrected chi connectivity index (χ0v) is 19.0. The minimum atomic E-state index is -1.13. The zero-order chi connectivity index (χ0) is 22.8. The Kier molecular flexibility index (Phi) is 6.04.